The highest BCUT2D eigenvalue weighted by Crippen LogP contribution is 2.40. The monoisotopic (exact) mass is 274 g/mol. The summed E-state index contributed by atoms with van der Waals surface area (Å²) in [4.78, 5) is 0. The molecule has 4 heteroatoms. The summed E-state index contributed by atoms with van der Waals surface area (Å²) >= 11 is 3.51. The van der Waals surface area contributed by atoms with Gasteiger partial charge in [0.25, 0.3) is 0 Å². The molecule has 2 aliphatic rings. The Labute approximate surface area is 98.2 Å². The SMILES string of the molecule is C=CCO[C@H]1C=C(Br)C2(CC1)OCCO2. The van der Waals surface area contributed by atoms with E-state index in [1.54, 1.807) is 6.08 Å². The average Bonchev–Trinajstić information content (AvgIpc) is 2.70. The zero-order valence-electron chi connectivity index (χ0n) is 8.58. The third-order valence-corrected chi connectivity index (χ3v) is 3.50. The average molecular weight is 275 g/mol. The van der Waals surface area contributed by atoms with Crippen molar-refractivity contribution < 1.29 is 14.2 Å². The second-order valence-electron chi connectivity index (χ2n) is 3.66. The molecule has 1 aliphatic carbocycles. The van der Waals surface area contributed by atoms with E-state index in [1.165, 1.54) is 0 Å². The molecule has 2 rings (SSSR count). The lowest BCUT2D eigenvalue weighted by Crippen LogP contribution is -2.36. The highest BCUT2D eigenvalue weighted by molar-refractivity contribution is 9.11. The van der Waals surface area contributed by atoms with Gasteiger partial charge in [-0.2, -0.15) is 0 Å². The largest absolute Gasteiger partial charge is 0.370 e. The van der Waals surface area contributed by atoms with Crippen LogP contribution in [0.4, 0.5) is 0 Å². The van der Waals surface area contributed by atoms with Gasteiger partial charge >= 0.3 is 0 Å². The standard InChI is InChI=1S/C11H15BrO3/c1-2-5-13-9-3-4-11(10(12)8-9)14-6-7-15-11/h2,8-9H,1,3-7H2/t9-/m1/s1. The Morgan fingerprint density at radius 2 is 2.33 bits per heavy atom. The number of hydrogen-bond donors (Lipinski definition) is 0. The predicted octanol–water partition coefficient (Wildman–Crippen LogP) is 2.37. The lowest BCUT2D eigenvalue weighted by atomic mass is 9.99. The molecule has 1 fully saturated rings. The van der Waals surface area contributed by atoms with Crippen LogP contribution in [0.2, 0.25) is 0 Å². The molecule has 0 amide bonds. The lowest BCUT2D eigenvalue weighted by molar-refractivity contribution is -0.134. The van der Waals surface area contributed by atoms with Gasteiger partial charge in [-0.15, -0.1) is 6.58 Å². The van der Waals surface area contributed by atoms with Crippen molar-refractivity contribution in [1.29, 1.82) is 0 Å². The maximum Gasteiger partial charge on any atom is 0.201 e. The van der Waals surface area contributed by atoms with Crippen molar-refractivity contribution in [1.82, 2.24) is 0 Å². The molecule has 0 saturated carbocycles. The Morgan fingerprint density at radius 3 is 2.93 bits per heavy atom. The van der Waals surface area contributed by atoms with Gasteiger partial charge in [-0.25, -0.2) is 0 Å². The predicted molar refractivity (Wildman–Crippen MR) is 60.8 cm³/mol. The van der Waals surface area contributed by atoms with E-state index in [1.807, 2.05) is 6.08 Å². The highest BCUT2D eigenvalue weighted by Gasteiger charge is 2.42. The van der Waals surface area contributed by atoms with Crippen LogP contribution in [0.15, 0.2) is 23.2 Å². The van der Waals surface area contributed by atoms with Crippen molar-refractivity contribution in [2.45, 2.75) is 24.7 Å². The van der Waals surface area contributed by atoms with Crippen LogP contribution < -0.4 is 0 Å². The third-order valence-electron chi connectivity index (χ3n) is 2.64. The summed E-state index contributed by atoms with van der Waals surface area (Å²) in [6.45, 7) is 5.54. The van der Waals surface area contributed by atoms with Crippen molar-refractivity contribution in [2.75, 3.05) is 19.8 Å². The molecule has 15 heavy (non-hydrogen) atoms. The lowest BCUT2D eigenvalue weighted by Gasteiger charge is -2.33. The molecule has 1 spiro atoms. The van der Waals surface area contributed by atoms with Crippen LogP contribution in [0.5, 0.6) is 0 Å². The summed E-state index contributed by atoms with van der Waals surface area (Å²) in [6, 6.07) is 0. The first kappa shape index (κ1) is 11.3. The third kappa shape index (κ3) is 2.33. The molecule has 1 aliphatic heterocycles. The Kier molecular flexibility index (Phi) is 3.61. The summed E-state index contributed by atoms with van der Waals surface area (Å²) < 4.78 is 17.8. The van der Waals surface area contributed by atoms with E-state index >= 15 is 0 Å². The van der Waals surface area contributed by atoms with Crippen molar-refractivity contribution in [3.05, 3.63) is 23.2 Å². The first-order valence-corrected chi connectivity index (χ1v) is 5.94. The number of hydrogen-bond acceptors (Lipinski definition) is 3. The Hall–Kier alpha value is -0.160. The number of rotatable bonds is 3. The Morgan fingerprint density at radius 1 is 1.60 bits per heavy atom. The van der Waals surface area contributed by atoms with Crippen molar-refractivity contribution >= 4 is 15.9 Å². The fraction of sp³-hybridized carbons (Fsp3) is 0.636. The van der Waals surface area contributed by atoms with E-state index in [2.05, 4.69) is 22.5 Å². The molecule has 1 heterocycles. The maximum atomic E-state index is 5.63. The molecule has 84 valence electrons. The molecule has 0 N–H and O–H groups in total. The second-order valence-corrected chi connectivity index (χ2v) is 4.52. The fourth-order valence-corrected chi connectivity index (χ4v) is 2.61. The van der Waals surface area contributed by atoms with Gasteiger partial charge in [-0.05, 0) is 12.5 Å². The van der Waals surface area contributed by atoms with Crippen LogP contribution in [0, 0.1) is 0 Å². The Balaban J connectivity index is 2.01. The molecule has 1 atom stereocenters. The van der Waals surface area contributed by atoms with Gasteiger partial charge in [0.15, 0.2) is 0 Å². The summed E-state index contributed by atoms with van der Waals surface area (Å²) in [5, 5.41) is 0. The molecule has 0 aromatic carbocycles. The van der Waals surface area contributed by atoms with E-state index in [9.17, 15) is 0 Å². The van der Waals surface area contributed by atoms with Crippen LogP contribution >= 0.6 is 15.9 Å². The van der Waals surface area contributed by atoms with Crippen molar-refractivity contribution in [3.8, 4) is 0 Å². The first-order valence-electron chi connectivity index (χ1n) is 5.15. The minimum Gasteiger partial charge on any atom is -0.370 e. The minimum atomic E-state index is -0.520. The smallest absolute Gasteiger partial charge is 0.201 e. The van der Waals surface area contributed by atoms with Gasteiger partial charge in [0.2, 0.25) is 5.79 Å². The van der Waals surface area contributed by atoms with E-state index in [0.717, 1.165) is 17.3 Å². The van der Waals surface area contributed by atoms with Crippen LogP contribution in [0.25, 0.3) is 0 Å². The quantitative estimate of drug-likeness (QED) is 0.740. The zero-order chi connectivity index (χ0) is 10.7. The molecular formula is C11H15BrO3. The molecule has 3 nitrogen and oxygen atoms in total. The molecule has 0 aromatic rings. The van der Waals surface area contributed by atoms with Gasteiger partial charge in [-0.3, -0.25) is 0 Å². The molecule has 0 radical (unpaired) electrons. The van der Waals surface area contributed by atoms with Gasteiger partial charge in [0.1, 0.15) is 0 Å². The first-order chi connectivity index (χ1) is 7.27. The normalized spacial score (nSPS) is 29.1. The molecular weight excluding hydrogens is 260 g/mol. The van der Waals surface area contributed by atoms with Gasteiger partial charge < -0.3 is 14.2 Å². The van der Waals surface area contributed by atoms with E-state index in [4.69, 9.17) is 14.2 Å². The number of halogens is 1. The van der Waals surface area contributed by atoms with Crippen LogP contribution in [-0.2, 0) is 14.2 Å². The molecule has 0 bridgehead atoms. The molecule has 1 saturated heterocycles. The van der Waals surface area contributed by atoms with Crippen molar-refractivity contribution in [3.63, 3.8) is 0 Å². The number of ether oxygens (including phenoxy) is 3. The van der Waals surface area contributed by atoms with Crippen LogP contribution in [0.1, 0.15) is 12.8 Å². The van der Waals surface area contributed by atoms with E-state index in [0.29, 0.717) is 19.8 Å². The second kappa shape index (κ2) is 4.78. The maximum absolute atomic E-state index is 5.63. The minimum absolute atomic E-state index is 0.135. The van der Waals surface area contributed by atoms with Gasteiger partial charge in [0, 0.05) is 6.42 Å². The zero-order valence-corrected chi connectivity index (χ0v) is 10.2. The summed E-state index contributed by atoms with van der Waals surface area (Å²) in [5.41, 5.74) is 0. The summed E-state index contributed by atoms with van der Waals surface area (Å²) in [5.74, 6) is -0.520. The Bertz CT molecular complexity index is 269. The van der Waals surface area contributed by atoms with Crippen LogP contribution in [-0.4, -0.2) is 31.7 Å². The van der Waals surface area contributed by atoms with Crippen LogP contribution in [0.3, 0.4) is 0 Å². The van der Waals surface area contributed by atoms with E-state index < -0.39 is 5.79 Å². The summed E-state index contributed by atoms with van der Waals surface area (Å²) in [6.07, 6.45) is 5.68. The van der Waals surface area contributed by atoms with E-state index in [-0.39, 0.29) is 6.10 Å². The topological polar surface area (TPSA) is 27.7 Å². The fourth-order valence-electron chi connectivity index (χ4n) is 1.89. The highest BCUT2D eigenvalue weighted by atomic mass is 79.9. The van der Waals surface area contributed by atoms with Gasteiger partial charge in [-0.1, -0.05) is 22.0 Å². The summed E-state index contributed by atoms with van der Waals surface area (Å²) in [7, 11) is 0. The van der Waals surface area contributed by atoms with Crippen molar-refractivity contribution in [2.24, 2.45) is 0 Å². The van der Waals surface area contributed by atoms with Gasteiger partial charge in [0.05, 0.1) is 30.4 Å². The molecule has 0 aromatic heterocycles. The molecule has 0 unspecified atom stereocenters.